The maximum absolute atomic E-state index is 6.88. The van der Waals surface area contributed by atoms with Gasteiger partial charge in [0.1, 0.15) is 17.0 Å². The molecule has 0 spiro atoms. The smallest absolute Gasteiger partial charge is 0.231 e. The van der Waals surface area contributed by atoms with Crippen molar-refractivity contribution in [3.05, 3.63) is 47.0 Å². The van der Waals surface area contributed by atoms with Crippen LogP contribution in [0.3, 0.4) is 0 Å². The van der Waals surface area contributed by atoms with E-state index in [9.17, 15) is 0 Å². The zero-order chi connectivity index (χ0) is 25.3. The van der Waals surface area contributed by atoms with E-state index in [2.05, 4.69) is 64.9 Å². The van der Waals surface area contributed by atoms with Gasteiger partial charge >= 0.3 is 0 Å². The largest absolute Gasteiger partial charge is 0.492 e. The first-order chi connectivity index (χ1) is 17.1. The number of methoxy groups -OCH3 is 1. The molecule has 4 atom stereocenters. The Kier molecular flexibility index (Phi) is 5.27. The lowest BCUT2D eigenvalue weighted by molar-refractivity contribution is -0.914. The fraction of sp³-hybridized carbons (Fsp3) is 0.533. The first-order valence-corrected chi connectivity index (χ1v) is 12.9. The van der Waals surface area contributed by atoms with Crippen LogP contribution in [-0.4, -0.2) is 50.2 Å². The van der Waals surface area contributed by atoms with Gasteiger partial charge in [-0.15, -0.1) is 0 Å². The summed E-state index contributed by atoms with van der Waals surface area (Å²) in [5.74, 6) is 10.7. The van der Waals surface area contributed by atoms with E-state index in [1.165, 1.54) is 5.56 Å². The summed E-state index contributed by atoms with van der Waals surface area (Å²) in [5, 5.41) is 0. The third-order valence-electron chi connectivity index (χ3n) is 8.53. The van der Waals surface area contributed by atoms with Crippen molar-refractivity contribution >= 4 is 0 Å². The predicted molar refractivity (Wildman–Crippen MR) is 136 cm³/mol. The highest BCUT2D eigenvalue weighted by Gasteiger charge is 2.50. The molecular weight excluding hydrogens is 454 g/mol. The molecule has 6 heteroatoms. The lowest BCUT2D eigenvalue weighted by atomic mass is 9.73. The number of nitrogens with zero attached hydrogens (tertiary/aromatic N) is 1. The second kappa shape index (κ2) is 8.06. The molecule has 2 aromatic rings. The average Bonchev–Trinajstić information content (AvgIpc) is 3.30. The molecule has 0 saturated carbocycles. The zero-order valence-corrected chi connectivity index (χ0v) is 22.1. The van der Waals surface area contributed by atoms with Gasteiger partial charge in [0.15, 0.2) is 17.5 Å². The third kappa shape index (κ3) is 3.64. The number of rotatable bonds is 1. The quantitative estimate of drug-likeness (QED) is 0.406. The van der Waals surface area contributed by atoms with Crippen molar-refractivity contribution < 1.29 is 28.2 Å². The van der Waals surface area contributed by atoms with Gasteiger partial charge in [-0.05, 0) is 57.2 Å². The number of benzene rings is 2. The Hall–Kier alpha value is -2.88. The van der Waals surface area contributed by atoms with Crippen molar-refractivity contribution in [2.75, 3.05) is 34.5 Å². The second-order valence-electron chi connectivity index (χ2n) is 11.8. The molecule has 0 radical (unpaired) electrons. The van der Waals surface area contributed by atoms with E-state index in [0.717, 1.165) is 58.7 Å². The summed E-state index contributed by atoms with van der Waals surface area (Å²) in [5.41, 5.74) is 2.62. The molecule has 4 aliphatic heterocycles. The van der Waals surface area contributed by atoms with Gasteiger partial charge in [-0.2, -0.15) is 0 Å². The van der Waals surface area contributed by atoms with E-state index in [-0.39, 0.29) is 30.5 Å². The van der Waals surface area contributed by atoms with Gasteiger partial charge in [0, 0.05) is 17.9 Å². The van der Waals surface area contributed by atoms with Crippen LogP contribution in [0.4, 0.5) is 0 Å². The van der Waals surface area contributed by atoms with E-state index in [1.54, 1.807) is 7.11 Å². The molecule has 0 aliphatic carbocycles. The predicted octanol–water partition coefficient (Wildman–Crippen LogP) is 5.20. The van der Waals surface area contributed by atoms with Crippen molar-refractivity contribution in [2.24, 2.45) is 5.92 Å². The van der Waals surface area contributed by atoms with Crippen LogP contribution in [0.2, 0.25) is 0 Å². The van der Waals surface area contributed by atoms with Crippen LogP contribution < -0.4 is 18.9 Å². The molecule has 4 heterocycles. The molecule has 0 N–H and O–H groups in total. The molecule has 1 fully saturated rings. The number of quaternary nitrogens is 1. The van der Waals surface area contributed by atoms with E-state index < -0.39 is 5.60 Å². The molecule has 0 bridgehead atoms. The number of likely N-dealkylation sites (N-methyl/N-ethyl adjacent to an activating group) is 1. The van der Waals surface area contributed by atoms with Crippen LogP contribution in [0, 0.1) is 17.8 Å². The standard InChI is InChI=1S/C30H36NO5/c1-29(2)21-11-14-30(3,36-26(21)20-9-7-8-10-23(20)35-29)15-12-22-25-19(13-16-31(22,4)5)17-24-27(28(25)32-6)34-18-33-24/h7-10,17,21-22,26H,11,13-14,16,18H2,1-6H3/q+1/t21-,22+,26+,30+/m0/s1. The Morgan fingerprint density at radius 2 is 1.89 bits per heavy atom. The van der Waals surface area contributed by atoms with Gasteiger partial charge in [-0.1, -0.05) is 24.1 Å². The molecule has 6 rings (SSSR count). The SMILES string of the molecule is COc1c2c(cc3c1[C@@H](C#C[C@@]1(C)CC[C@H]4[C@H](O1)c1ccccc1OC4(C)C)[N+](C)(C)CC3)OCO2. The first kappa shape index (κ1) is 23.5. The molecule has 36 heavy (non-hydrogen) atoms. The lowest BCUT2D eigenvalue weighted by Gasteiger charge is -2.50. The minimum Gasteiger partial charge on any atom is -0.492 e. The maximum Gasteiger partial charge on any atom is 0.231 e. The van der Waals surface area contributed by atoms with E-state index in [1.807, 2.05) is 12.1 Å². The molecule has 6 nitrogen and oxygen atoms in total. The Bertz CT molecular complexity index is 1270. The van der Waals surface area contributed by atoms with Crippen molar-refractivity contribution in [2.45, 2.75) is 63.4 Å². The first-order valence-electron chi connectivity index (χ1n) is 12.9. The Balaban J connectivity index is 1.38. The van der Waals surface area contributed by atoms with Crippen LogP contribution in [0.25, 0.3) is 0 Å². The number of ether oxygens (including phenoxy) is 5. The average molecular weight is 491 g/mol. The van der Waals surface area contributed by atoms with E-state index in [4.69, 9.17) is 23.7 Å². The van der Waals surface area contributed by atoms with Crippen LogP contribution >= 0.6 is 0 Å². The molecule has 1 saturated heterocycles. The second-order valence-corrected chi connectivity index (χ2v) is 11.8. The van der Waals surface area contributed by atoms with Crippen LogP contribution in [0.15, 0.2) is 30.3 Å². The molecule has 0 amide bonds. The molecule has 0 unspecified atom stereocenters. The third-order valence-corrected chi connectivity index (χ3v) is 8.53. The summed E-state index contributed by atoms with van der Waals surface area (Å²) in [6, 6.07) is 10.3. The fourth-order valence-corrected chi connectivity index (χ4v) is 6.40. The summed E-state index contributed by atoms with van der Waals surface area (Å²) in [6.45, 7) is 7.69. The Morgan fingerprint density at radius 1 is 1.08 bits per heavy atom. The molecule has 4 aliphatic rings. The van der Waals surface area contributed by atoms with Crippen molar-refractivity contribution in [1.29, 1.82) is 0 Å². The fourth-order valence-electron chi connectivity index (χ4n) is 6.40. The number of para-hydroxylation sites is 1. The summed E-state index contributed by atoms with van der Waals surface area (Å²) >= 11 is 0. The summed E-state index contributed by atoms with van der Waals surface area (Å²) in [6.07, 6.45) is 2.76. The Morgan fingerprint density at radius 3 is 2.69 bits per heavy atom. The summed E-state index contributed by atoms with van der Waals surface area (Å²) in [7, 11) is 6.18. The minimum absolute atomic E-state index is 0.0394. The monoisotopic (exact) mass is 490 g/mol. The Labute approximate surface area is 214 Å². The van der Waals surface area contributed by atoms with Gasteiger partial charge in [0.05, 0.1) is 39.4 Å². The van der Waals surface area contributed by atoms with Crippen LogP contribution in [0.5, 0.6) is 23.0 Å². The normalized spacial score (nSPS) is 30.6. The van der Waals surface area contributed by atoms with Gasteiger partial charge in [0.2, 0.25) is 12.5 Å². The number of hydrogen-bond donors (Lipinski definition) is 0. The summed E-state index contributed by atoms with van der Waals surface area (Å²) in [4.78, 5) is 0. The lowest BCUT2D eigenvalue weighted by Crippen LogP contribution is -2.51. The van der Waals surface area contributed by atoms with Gasteiger partial charge in [0.25, 0.3) is 0 Å². The molecule has 190 valence electrons. The van der Waals surface area contributed by atoms with Gasteiger partial charge < -0.3 is 28.2 Å². The maximum atomic E-state index is 6.88. The number of hydrogen-bond acceptors (Lipinski definition) is 5. The molecule has 0 aromatic heterocycles. The van der Waals surface area contributed by atoms with Crippen molar-refractivity contribution in [3.8, 4) is 34.8 Å². The minimum atomic E-state index is -0.553. The number of fused-ring (bicyclic) bond motifs is 5. The zero-order valence-electron chi connectivity index (χ0n) is 22.1. The van der Waals surface area contributed by atoms with Gasteiger partial charge in [-0.3, -0.25) is 0 Å². The van der Waals surface area contributed by atoms with Crippen LogP contribution in [-0.2, 0) is 11.2 Å². The highest BCUT2D eigenvalue weighted by atomic mass is 16.7. The molecular formula is C30H36NO5+. The van der Waals surface area contributed by atoms with Crippen LogP contribution in [0.1, 0.15) is 62.4 Å². The van der Waals surface area contributed by atoms with Gasteiger partial charge in [-0.25, -0.2) is 0 Å². The van der Waals surface area contributed by atoms with E-state index >= 15 is 0 Å². The van der Waals surface area contributed by atoms with Crippen molar-refractivity contribution in [3.63, 3.8) is 0 Å². The highest BCUT2D eigenvalue weighted by molar-refractivity contribution is 5.62. The summed E-state index contributed by atoms with van der Waals surface area (Å²) < 4.78 is 31.4. The molecule has 2 aromatic carbocycles. The van der Waals surface area contributed by atoms with Crippen molar-refractivity contribution in [1.82, 2.24) is 0 Å². The topological polar surface area (TPSA) is 46.2 Å². The highest BCUT2D eigenvalue weighted by Crippen LogP contribution is 2.53. The van der Waals surface area contributed by atoms with E-state index in [0.29, 0.717) is 5.75 Å².